The third kappa shape index (κ3) is 6.94. The summed E-state index contributed by atoms with van der Waals surface area (Å²) >= 11 is 0. The fourth-order valence-corrected chi connectivity index (χ4v) is 2.27. The van der Waals surface area contributed by atoms with Gasteiger partial charge in [-0.3, -0.25) is 5.84 Å². The SMILES string of the molecule is C=C/C(NN)=C(/N)C(=C)C(C)(C)C.CC.CC(C)c1cccc2[nH]cnc12. The predicted octanol–water partition coefficient (Wildman–Crippen LogP) is 5.12. The van der Waals surface area contributed by atoms with Crippen LogP contribution in [0.4, 0.5) is 0 Å². The van der Waals surface area contributed by atoms with Gasteiger partial charge >= 0.3 is 0 Å². The van der Waals surface area contributed by atoms with Gasteiger partial charge in [0, 0.05) is 0 Å². The molecule has 1 heterocycles. The van der Waals surface area contributed by atoms with Crippen LogP contribution in [0.3, 0.4) is 0 Å². The minimum Gasteiger partial charge on any atom is -0.397 e. The highest BCUT2D eigenvalue weighted by molar-refractivity contribution is 5.78. The Morgan fingerprint density at radius 2 is 1.85 bits per heavy atom. The summed E-state index contributed by atoms with van der Waals surface area (Å²) in [6, 6.07) is 6.25. The van der Waals surface area contributed by atoms with Crippen molar-refractivity contribution in [3.63, 3.8) is 0 Å². The van der Waals surface area contributed by atoms with Gasteiger partial charge in [0.1, 0.15) is 0 Å². The van der Waals surface area contributed by atoms with Gasteiger partial charge < -0.3 is 16.1 Å². The topological polar surface area (TPSA) is 92.7 Å². The molecule has 5 nitrogen and oxygen atoms in total. The molecule has 0 amide bonds. The second-order valence-corrected chi connectivity index (χ2v) is 7.21. The van der Waals surface area contributed by atoms with Crippen LogP contribution in [0.15, 0.2) is 60.7 Å². The molecule has 1 aromatic heterocycles. The lowest BCUT2D eigenvalue weighted by atomic mass is 9.85. The molecule has 6 N–H and O–H groups in total. The molecule has 27 heavy (non-hydrogen) atoms. The van der Waals surface area contributed by atoms with Crippen LogP contribution in [0.5, 0.6) is 0 Å². The molecule has 0 saturated heterocycles. The van der Waals surface area contributed by atoms with Gasteiger partial charge in [-0.2, -0.15) is 0 Å². The summed E-state index contributed by atoms with van der Waals surface area (Å²) in [5, 5.41) is 0. The van der Waals surface area contributed by atoms with E-state index in [-0.39, 0.29) is 5.41 Å². The molecule has 0 fully saturated rings. The van der Waals surface area contributed by atoms with E-state index in [1.807, 2.05) is 40.7 Å². The van der Waals surface area contributed by atoms with Crippen molar-refractivity contribution in [3.05, 3.63) is 66.3 Å². The molecule has 0 radical (unpaired) electrons. The highest BCUT2D eigenvalue weighted by Gasteiger charge is 2.18. The van der Waals surface area contributed by atoms with Gasteiger partial charge in [-0.25, -0.2) is 4.98 Å². The monoisotopic (exact) mass is 371 g/mol. The molecular weight excluding hydrogens is 334 g/mol. The quantitative estimate of drug-likeness (QED) is 0.341. The third-order valence-electron chi connectivity index (χ3n) is 3.98. The van der Waals surface area contributed by atoms with E-state index in [4.69, 9.17) is 11.6 Å². The zero-order chi connectivity index (χ0) is 21.2. The number of hydrogen-bond donors (Lipinski definition) is 4. The number of nitrogens with zero attached hydrogens (tertiary/aromatic N) is 1. The second kappa shape index (κ2) is 11.2. The number of imidazole rings is 1. The molecule has 150 valence electrons. The normalized spacial score (nSPS) is 11.6. The van der Waals surface area contributed by atoms with E-state index in [2.05, 4.69) is 54.5 Å². The maximum Gasteiger partial charge on any atom is 0.0931 e. The van der Waals surface area contributed by atoms with Gasteiger partial charge in [-0.15, -0.1) is 0 Å². The summed E-state index contributed by atoms with van der Waals surface area (Å²) in [6.45, 7) is 22.0. The van der Waals surface area contributed by atoms with Gasteiger partial charge in [-0.1, -0.05) is 73.8 Å². The number of hydrazine groups is 1. The lowest BCUT2D eigenvalue weighted by Crippen LogP contribution is -2.26. The fourth-order valence-electron chi connectivity index (χ4n) is 2.27. The summed E-state index contributed by atoms with van der Waals surface area (Å²) in [5.74, 6) is 5.80. The number of para-hydroxylation sites is 1. The number of aromatic nitrogens is 2. The van der Waals surface area contributed by atoms with Crippen LogP contribution >= 0.6 is 0 Å². The van der Waals surface area contributed by atoms with Crippen molar-refractivity contribution in [2.45, 2.75) is 54.4 Å². The van der Waals surface area contributed by atoms with Crippen LogP contribution in [-0.2, 0) is 0 Å². The summed E-state index contributed by atoms with van der Waals surface area (Å²) in [4.78, 5) is 7.39. The highest BCUT2D eigenvalue weighted by atomic mass is 15.2. The number of rotatable bonds is 4. The van der Waals surface area contributed by atoms with Crippen LogP contribution < -0.4 is 17.0 Å². The number of fused-ring (bicyclic) bond motifs is 1. The number of nitrogens with two attached hydrogens (primary N) is 2. The first kappa shape index (κ1) is 24.5. The Morgan fingerprint density at radius 3 is 2.30 bits per heavy atom. The Labute approximate surface area is 164 Å². The van der Waals surface area contributed by atoms with Gasteiger partial charge in [0.25, 0.3) is 0 Å². The third-order valence-corrected chi connectivity index (χ3v) is 3.98. The van der Waals surface area contributed by atoms with E-state index in [9.17, 15) is 0 Å². The van der Waals surface area contributed by atoms with Crippen LogP contribution in [0, 0.1) is 5.41 Å². The lowest BCUT2D eigenvalue weighted by molar-refractivity contribution is 0.509. The molecule has 0 unspecified atom stereocenters. The predicted molar refractivity (Wildman–Crippen MR) is 119 cm³/mol. The van der Waals surface area contributed by atoms with Crippen molar-refractivity contribution < 1.29 is 0 Å². The van der Waals surface area contributed by atoms with Crippen LogP contribution in [-0.4, -0.2) is 9.97 Å². The standard InChI is InChI=1S/C10H19N3.C10H12N2.C2H6/c1-6-8(13-12)9(11)7(2)10(3,4)5;1-7(2)8-4-3-5-9-10(8)12-6-11-9;1-2/h6,13H,1-2,11-12H2,3-5H3;3-7H,1-2H3,(H,11,12);1-2H3/b9-8-;;. The zero-order valence-corrected chi connectivity index (χ0v) is 18.0. The molecule has 0 aliphatic rings. The average molecular weight is 372 g/mol. The molecule has 0 bridgehead atoms. The summed E-state index contributed by atoms with van der Waals surface area (Å²) in [5.41, 5.74) is 13.8. The Morgan fingerprint density at radius 1 is 1.26 bits per heavy atom. The first-order valence-corrected chi connectivity index (χ1v) is 9.34. The molecule has 0 atom stereocenters. The molecule has 0 aliphatic carbocycles. The number of allylic oxidation sites excluding steroid dienone is 2. The average Bonchev–Trinajstić information content (AvgIpc) is 3.12. The second-order valence-electron chi connectivity index (χ2n) is 7.21. The molecule has 0 saturated carbocycles. The van der Waals surface area contributed by atoms with Crippen LogP contribution in [0.25, 0.3) is 11.0 Å². The molecular formula is C22H37N5. The smallest absolute Gasteiger partial charge is 0.0931 e. The van der Waals surface area contributed by atoms with E-state index in [0.717, 1.165) is 16.6 Å². The number of aromatic amines is 1. The molecule has 2 aromatic rings. The van der Waals surface area contributed by atoms with E-state index in [0.29, 0.717) is 17.3 Å². The zero-order valence-electron chi connectivity index (χ0n) is 18.0. The van der Waals surface area contributed by atoms with Crippen molar-refractivity contribution in [1.29, 1.82) is 0 Å². The van der Waals surface area contributed by atoms with Crippen molar-refractivity contribution in [2.24, 2.45) is 17.0 Å². The fraction of sp³-hybridized carbons (Fsp3) is 0.409. The minimum atomic E-state index is -0.0603. The van der Waals surface area contributed by atoms with Crippen LogP contribution in [0.1, 0.15) is 59.9 Å². The molecule has 2 rings (SSSR count). The minimum absolute atomic E-state index is 0.0603. The van der Waals surface area contributed by atoms with Crippen molar-refractivity contribution in [2.75, 3.05) is 0 Å². The Hall–Kier alpha value is -2.53. The van der Waals surface area contributed by atoms with Crippen molar-refractivity contribution in [1.82, 2.24) is 15.4 Å². The number of hydrogen-bond acceptors (Lipinski definition) is 4. The number of H-pyrrole nitrogens is 1. The van der Waals surface area contributed by atoms with Gasteiger partial charge in [0.2, 0.25) is 0 Å². The first-order valence-electron chi connectivity index (χ1n) is 9.34. The maximum absolute atomic E-state index is 5.83. The van der Waals surface area contributed by atoms with Crippen molar-refractivity contribution in [3.8, 4) is 0 Å². The van der Waals surface area contributed by atoms with Crippen LogP contribution in [0.2, 0.25) is 0 Å². The number of benzene rings is 1. The van der Waals surface area contributed by atoms with E-state index < -0.39 is 0 Å². The highest BCUT2D eigenvalue weighted by Crippen LogP contribution is 2.28. The molecule has 5 heteroatoms. The summed E-state index contributed by atoms with van der Waals surface area (Å²) in [7, 11) is 0. The largest absolute Gasteiger partial charge is 0.397 e. The van der Waals surface area contributed by atoms with Gasteiger partial charge in [0.05, 0.1) is 28.8 Å². The number of nitrogens with one attached hydrogen (secondary N) is 2. The molecule has 0 spiro atoms. The Balaban J connectivity index is 0.000000459. The summed E-state index contributed by atoms with van der Waals surface area (Å²) < 4.78 is 0. The van der Waals surface area contributed by atoms with E-state index in [1.54, 1.807) is 12.4 Å². The van der Waals surface area contributed by atoms with E-state index >= 15 is 0 Å². The van der Waals surface area contributed by atoms with Gasteiger partial charge in [0.15, 0.2) is 0 Å². The molecule has 1 aromatic carbocycles. The summed E-state index contributed by atoms with van der Waals surface area (Å²) in [6.07, 6.45) is 3.32. The Kier molecular flexibility index (Phi) is 10.2. The van der Waals surface area contributed by atoms with E-state index in [1.165, 1.54) is 5.56 Å². The lowest BCUT2D eigenvalue weighted by Gasteiger charge is -2.23. The molecule has 0 aliphatic heterocycles. The first-order chi connectivity index (χ1) is 12.6. The maximum atomic E-state index is 5.83. The Bertz CT molecular complexity index is 760. The van der Waals surface area contributed by atoms with Gasteiger partial charge in [-0.05, 0) is 34.6 Å². The van der Waals surface area contributed by atoms with Crippen molar-refractivity contribution >= 4 is 11.0 Å².